The topological polar surface area (TPSA) is 58.2 Å². The van der Waals surface area contributed by atoms with Gasteiger partial charge in [0.15, 0.2) is 0 Å². The van der Waals surface area contributed by atoms with Crippen molar-refractivity contribution in [1.82, 2.24) is 4.72 Å². The predicted octanol–water partition coefficient (Wildman–Crippen LogP) is 2.51. The van der Waals surface area contributed by atoms with Gasteiger partial charge in [0.25, 0.3) is 0 Å². The van der Waals surface area contributed by atoms with Gasteiger partial charge in [-0.3, -0.25) is 0 Å². The van der Waals surface area contributed by atoms with E-state index < -0.39 is 10.0 Å². The predicted molar refractivity (Wildman–Crippen MR) is 80.4 cm³/mol. The Labute approximate surface area is 121 Å². The van der Waals surface area contributed by atoms with Gasteiger partial charge in [-0.05, 0) is 48.9 Å². The molecule has 2 N–H and O–H groups in total. The van der Waals surface area contributed by atoms with Crippen LogP contribution < -0.4 is 10.0 Å². The van der Waals surface area contributed by atoms with Gasteiger partial charge in [-0.2, -0.15) is 0 Å². The molecule has 1 fully saturated rings. The number of fused-ring (bicyclic) bond motifs is 1. The summed E-state index contributed by atoms with van der Waals surface area (Å²) >= 11 is 0. The van der Waals surface area contributed by atoms with E-state index >= 15 is 0 Å². The van der Waals surface area contributed by atoms with Crippen LogP contribution in [0.3, 0.4) is 0 Å². The first kappa shape index (κ1) is 13.9. The molecular formula is C15H22N2O2S. The van der Waals surface area contributed by atoms with Crippen LogP contribution in [0.15, 0.2) is 23.1 Å². The van der Waals surface area contributed by atoms with Gasteiger partial charge >= 0.3 is 0 Å². The third-order valence-corrected chi connectivity index (χ3v) is 5.87. The summed E-state index contributed by atoms with van der Waals surface area (Å²) < 4.78 is 27.8. The fraction of sp³-hybridized carbons (Fsp3) is 0.600. The number of anilines is 1. The maximum atomic E-state index is 12.5. The number of benzene rings is 1. The summed E-state index contributed by atoms with van der Waals surface area (Å²) in [5.41, 5.74) is 2.17. The molecule has 0 amide bonds. The Morgan fingerprint density at radius 1 is 1.30 bits per heavy atom. The summed E-state index contributed by atoms with van der Waals surface area (Å²) in [4.78, 5) is 0.401. The molecule has 0 saturated heterocycles. The number of hydrogen-bond acceptors (Lipinski definition) is 3. The molecule has 0 spiro atoms. The first-order valence-electron chi connectivity index (χ1n) is 7.44. The smallest absolute Gasteiger partial charge is 0.240 e. The van der Waals surface area contributed by atoms with E-state index in [4.69, 9.17) is 0 Å². The minimum atomic E-state index is -3.38. The number of nitrogens with one attached hydrogen (secondary N) is 2. The lowest BCUT2D eigenvalue weighted by Gasteiger charge is -2.27. The lowest BCUT2D eigenvalue weighted by Crippen LogP contribution is -2.37. The Kier molecular flexibility index (Phi) is 3.73. The number of sulfonamides is 1. The average molecular weight is 294 g/mol. The highest BCUT2D eigenvalue weighted by Gasteiger charge is 2.25. The maximum absolute atomic E-state index is 12.5. The highest BCUT2D eigenvalue weighted by molar-refractivity contribution is 7.89. The lowest BCUT2D eigenvalue weighted by atomic mass is 9.88. The van der Waals surface area contributed by atoms with E-state index in [9.17, 15) is 8.42 Å². The maximum Gasteiger partial charge on any atom is 0.240 e. The second kappa shape index (κ2) is 5.37. The van der Waals surface area contributed by atoms with Crippen molar-refractivity contribution in [3.05, 3.63) is 23.8 Å². The molecule has 0 radical (unpaired) electrons. The molecule has 2 aliphatic rings. The SMILES string of the molecule is CC1CCCC(NS(=O)(=O)c2ccc3c(c2)CCN3)C1. The van der Waals surface area contributed by atoms with E-state index in [1.165, 1.54) is 6.42 Å². The molecular weight excluding hydrogens is 272 g/mol. The molecule has 2 atom stereocenters. The van der Waals surface area contributed by atoms with Gasteiger partial charge in [0.05, 0.1) is 4.90 Å². The summed E-state index contributed by atoms with van der Waals surface area (Å²) in [6.07, 6.45) is 5.13. The van der Waals surface area contributed by atoms with E-state index in [0.717, 1.165) is 43.5 Å². The molecule has 0 bridgehead atoms. The monoisotopic (exact) mass is 294 g/mol. The second-order valence-electron chi connectivity index (χ2n) is 6.09. The van der Waals surface area contributed by atoms with Gasteiger partial charge in [0.1, 0.15) is 0 Å². The van der Waals surface area contributed by atoms with E-state index in [-0.39, 0.29) is 6.04 Å². The quantitative estimate of drug-likeness (QED) is 0.900. The first-order valence-corrected chi connectivity index (χ1v) is 8.92. The summed E-state index contributed by atoms with van der Waals surface area (Å²) in [5, 5.41) is 3.25. The van der Waals surface area contributed by atoms with Crippen LogP contribution in [0.4, 0.5) is 5.69 Å². The molecule has 1 aliphatic heterocycles. The summed E-state index contributed by atoms with van der Waals surface area (Å²) in [6.45, 7) is 3.09. The molecule has 1 saturated carbocycles. The van der Waals surface area contributed by atoms with Gasteiger partial charge in [0.2, 0.25) is 10.0 Å². The van der Waals surface area contributed by atoms with E-state index in [2.05, 4.69) is 17.0 Å². The number of hydrogen-bond donors (Lipinski definition) is 2. The molecule has 110 valence electrons. The van der Waals surface area contributed by atoms with Crippen LogP contribution in [-0.4, -0.2) is 21.0 Å². The first-order chi connectivity index (χ1) is 9.54. The van der Waals surface area contributed by atoms with E-state index in [0.29, 0.717) is 10.8 Å². The largest absolute Gasteiger partial charge is 0.384 e. The van der Waals surface area contributed by atoms with E-state index in [1.807, 2.05) is 12.1 Å². The minimum Gasteiger partial charge on any atom is -0.384 e. The van der Waals surface area contributed by atoms with Crippen LogP contribution >= 0.6 is 0 Å². The summed E-state index contributed by atoms with van der Waals surface area (Å²) in [5.74, 6) is 0.612. The van der Waals surface area contributed by atoms with Gasteiger partial charge in [-0.15, -0.1) is 0 Å². The van der Waals surface area contributed by atoms with Crippen molar-refractivity contribution < 1.29 is 8.42 Å². The molecule has 5 heteroatoms. The molecule has 2 unspecified atom stereocenters. The number of rotatable bonds is 3. The zero-order chi connectivity index (χ0) is 14.2. The highest BCUT2D eigenvalue weighted by Crippen LogP contribution is 2.27. The Hall–Kier alpha value is -1.07. The van der Waals surface area contributed by atoms with Gasteiger partial charge in [0, 0.05) is 18.3 Å². The lowest BCUT2D eigenvalue weighted by molar-refractivity contribution is 0.327. The fourth-order valence-corrected chi connectivity index (χ4v) is 4.61. The fourth-order valence-electron chi connectivity index (χ4n) is 3.28. The zero-order valence-corrected chi connectivity index (χ0v) is 12.7. The minimum absolute atomic E-state index is 0.0927. The van der Waals surface area contributed by atoms with Crippen molar-refractivity contribution in [2.24, 2.45) is 5.92 Å². The van der Waals surface area contributed by atoms with Crippen molar-refractivity contribution in [2.75, 3.05) is 11.9 Å². The molecule has 4 nitrogen and oxygen atoms in total. The van der Waals surface area contributed by atoms with Crippen LogP contribution in [0.2, 0.25) is 0 Å². The average Bonchev–Trinajstić information content (AvgIpc) is 2.85. The Morgan fingerprint density at radius 3 is 2.95 bits per heavy atom. The van der Waals surface area contributed by atoms with E-state index in [1.54, 1.807) is 6.07 Å². The van der Waals surface area contributed by atoms with Crippen LogP contribution in [0.1, 0.15) is 38.2 Å². The summed E-state index contributed by atoms with van der Waals surface area (Å²) in [7, 11) is -3.38. The van der Waals surface area contributed by atoms with Gasteiger partial charge in [-0.1, -0.05) is 19.8 Å². The van der Waals surface area contributed by atoms with Gasteiger partial charge in [-0.25, -0.2) is 13.1 Å². The van der Waals surface area contributed by atoms with Crippen LogP contribution in [0.25, 0.3) is 0 Å². The zero-order valence-electron chi connectivity index (χ0n) is 11.9. The second-order valence-corrected chi connectivity index (χ2v) is 7.80. The molecule has 3 rings (SSSR count). The Bertz CT molecular complexity index is 598. The van der Waals surface area contributed by atoms with Gasteiger partial charge < -0.3 is 5.32 Å². The molecule has 0 aromatic heterocycles. The molecule has 1 aromatic carbocycles. The van der Waals surface area contributed by atoms with Crippen LogP contribution in [0.5, 0.6) is 0 Å². The van der Waals surface area contributed by atoms with Crippen LogP contribution in [0, 0.1) is 5.92 Å². The highest BCUT2D eigenvalue weighted by atomic mass is 32.2. The molecule has 20 heavy (non-hydrogen) atoms. The van der Waals surface area contributed by atoms with Crippen molar-refractivity contribution in [2.45, 2.75) is 50.0 Å². The molecule has 1 aromatic rings. The third kappa shape index (κ3) is 2.83. The van der Waals surface area contributed by atoms with Crippen LogP contribution in [-0.2, 0) is 16.4 Å². The Balaban J connectivity index is 1.77. The van der Waals surface area contributed by atoms with Crippen molar-refractivity contribution >= 4 is 15.7 Å². The van der Waals surface area contributed by atoms with Crippen molar-refractivity contribution in [3.8, 4) is 0 Å². The molecule has 1 aliphatic carbocycles. The normalized spacial score (nSPS) is 26.1. The summed E-state index contributed by atoms with van der Waals surface area (Å²) in [6, 6.07) is 5.48. The van der Waals surface area contributed by atoms with Crippen molar-refractivity contribution in [3.63, 3.8) is 0 Å². The standard InChI is InChI=1S/C15H22N2O2S/c1-11-3-2-4-13(9-11)17-20(18,19)14-5-6-15-12(10-14)7-8-16-15/h5-6,10-11,13,16-17H,2-4,7-9H2,1H3. The molecule has 1 heterocycles. The third-order valence-electron chi connectivity index (χ3n) is 4.36. The van der Waals surface area contributed by atoms with Crippen molar-refractivity contribution in [1.29, 1.82) is 0 Å². The Morgan fingerprint density at radius 2 is 2.15 bits per heavy atom.